The predicted molar refractivity (Wildman–Crippen MR) is 86.6 cm³/mol. The molecule has 1 aromatic carbocycles. The molecule has 7 heteroatoms. The van der Waals surface area contributed by atoms with Crippen LogP contribution < -0.4 is 11.1 Å². The van der Waals surface area contributed by atoms with Crippen LogP contribution in [-0.4, -0.2) is 31.5 Å². The molecule has 0 unspecified atom stereocenters. The molecule has 0 spiro atoms. The molecule has 0 fully saturated rings. The molecular formula is C15H15N7. The van der Waals surface area contributed by atoms with Crippen LogP contribution in [0.5, 0.6) is 0 Å². The lowest BCUT2D eigenvalue weighted by molar-refractivity contribution is 1.01. The summed E-state index contributed by atoms with van der Waals surface area (Å²) >= 11 is 0. The van der Waals surface area contributed by atoms with Crippen LogP contribution in [0, 0.1) is 0 Å². The maximum atomic E-state index is 5.70. The van der Waals surface area contributed by atoms with Gasteiger partial charge in [0.15, 0.2) is 11.5 Å². The lowest BCUT2D eigenvalue weighted by Crippen LogP contribution is -2.08. The van der Waals surface area contributed by atoms with E-state index in [0.29, 0.717) is 11.5 Å². The summed E-state index contributed by atoms with van der Waals surface area (Å²) in [5, 5.41) is 4.55. The van der Waals surface area contributed by atoms with Crippen molar-refractivity contribution in [2.45, 2.75) is 6.42 Å². The number of para-hydroxylation sites is 1. The third kappa shape index (κ3) is 2.12. The summed E-state index contributed by atoms with van der Waals surface area (Å²) in [6.07, 6.45) is 4.51. The summed E-state index contributed by atoms with van der Waals surface area (Å²) in [5.41, 5.74) is 9.47. The molecule has 7 nitrogen and oxygen atoms in total. The number of hydrogen-bond donors (Lipinski definition) is 4. The van der Waals surface area contributed by atoms with Crippen LogP contribution in [0.25, 0.3) is 22.1 Å². The van der Waals surface area contributed by atoms with Crippen molar-refractivity contribution in [1.29, 1.82) is 0 Å². The fourth-order valence-electron chi connectivity index (χ4n) is 2.63. The van der Waals surface area contributed by atoms with Crippen molar-refractivity contribution < 1.29 is 0 Å². The number of H-pyrrole nitrogens is 2. The standard InChI is InChI=1S/C15H15N7/c16-15-21-13(12-14(22-15)20-8-19-12)17-6-5-9-7-18-11-4-2-1-3-10(9)11/h1-4,7-8,18H,5-6H2,(H4,16,17,19,20,21,22). The number of hydrogen-bond acceptors (Lipinski definition) is 5. The summed E-state index contributed by atoms with van der Waals surface area (Å²) in [5.74, 6) is 0.897. The second-order valence-electron chi connectivity index (χ2n) is 5.07. The number of nitrogens with two attached hydrogens (primary N) is 1. The first kappa shape index (κ1) is 12.6. The van der Waals surface area contributed by atoms with E-state index in [1.165, 1.54) is 10.9 Å². The number of fused-ring (bicyclic) bond motifs is 2. The number of nitrogen functional groups attached to an aromatic ring is 1. The predicted octanol–water partition coefficient (Wildman–Crippen LogP) is 2.07. The maximum absolute atomic E-state index is 5.70. The lowest BCUT2D eigenvalue weighted by atomic mass is 10.1. The van der Waals surface area contributed by atoms with Crippen molar-refractivity contribution in [3.05, 3.63) is 42.4 Å². The van der Waals surface area contributed by atoms with Gasteiger partial charge < -0.3 is 21.0 Å². The molecular weight excluding hydrogens is 278 g/mol. The summed E-state index contributed by atoms with van der Waals surface area (Å²) in [6, 6.07) is 8.27. The van der Waals surface area contributed by atoms with E-state index in [1.807, 2.05) is 18.3 Å². The first-order chi connectivity index (χ1) is 10.8. The highest BCUT2D eigenvalue weighted by molar-refractivity contribution is 5.84. The molecule has 5 N–H and O–H groups in total. The minimum Gasteiger partial charge on any atom is -0.368 e. The van der Waals surface area contributed by atoms with E-state index in [1.54, 1.807) is 6.33 Å². The van der Waals surface area contributed by atoms with Crippen molar-refractivity contribution in [2.24, 2.45) is 0 Å². The highest BCUT2D eigenvalue weighted by Gasteiger charge is 2.08. The Bertz CT molecular complexity index is 937. The zero-order chi connectivity index (χ0) is 14.9. The molecule has 3 heterocycles. The minimum atomic E-state index is 0.217. The Morgan fingerprint density at radius 3 is 3.00 bits per heavy atom. The Morgan fingerprint density at radius 2 is 2.05 bits per heavy atom. The van der Waals surface area contributed by atoms with Gasteiger partial charge in [0, 0.05) is 23.6 Å². The molecule has 0 amide bonds. The third-order valence-corrected chi connectivity index (χ3v) is 3.66. The normalized spacial score (nSPS) is 11.3. The van der Waals surface area contributed by atoms with Crippen LogP contribution >= 0.6 is 0 Å². The zero-order valence-electron chi connectivity index (χ0n) is 11.8. The Kier molecular flexibility index (Phi) is 2.89. The lowest BCUT2D eigenvalue weighted by Gasteiger charge is -2.06. The van der Waals surface area contributed by atoms with Crippen LogP contribution in [0.4, 0.5) is 11.8 Å². The summed E-state index contributed by atoms with van der Waals surface area (Å²) < 4.78 is 0. The van der Waals surface area contributed by atoms with E-state index in [-0.39, 0.29) is 5.95 Å². The summed E-state index contributed by atoms with van der Waals surface area (Å²) in [7, 11) is 0. The van der Waals surface area contributed by atoms with Gasteiger partial charge in [-0.1, -0.05) is 18.2 Å². The molecule has 0 aliphatic heterocycles. The van der Waals surface area contributed by atoms with Crippen molar-refractivity contribution in [1.82, 2.24) is 24.9 Å². The molecule has 22 heavy (non-hydrogen) atoms. The second-order valence-corrected chi connectivity index (χ2v) is 5.07. The molecule has 0 atom stereocenters. The first-order valence-corrected chi connectivity index (χ1v) is 7.07. The Hall–Kier alpha value is -3.09. The average Bonchev–Trinajstić information content (AvgIpc) is 3.14. The molecule has 4 aromatic rings. The Morgan fingerprint density at radius 1 is 1.14 bits per heavy atom. The topological polar surface area (TPSA) is 108 Å². The van der Waals surface area contributed by atoms with Crippen molar-refractivity contribution in [3.8, 4) is 0 Å². The van der Waals surface area contributed by atoms with E-state index < -0.39 is 0 Å². The zero-order valence-corrected chi connectivity index (χ0v) is 11.8. The molecule has 0 bridgehead atoms. The van der Waals surface area contributed by atoms with Gasteiger partial charge in [-0.15, -0.1) is 0 Å². The third-order valence-electron chi connectivity index (χ3n) is 3.66. The Balaban J connectivity index is 1.54. The van der Waals surface area contributed by atoms with Gasteiger partial charge in [0.05, 0.1) is 6.33 Å². The van der Waals surface area contributed by atoms with Crippen molar-refractivity contribution >= 4 is 33.8 Å². The molecule has 0 saturated carbocycles. The average molecular weight is 293 g/mol. The molecule has 3 aromatic heterocycles. The Labute approximate surface area is 126 Å². The number of nitrogens with zero attached hydrogens (tertiary/aromatic N) is 3. The van der Waals surface area contributed by atoms with Crippen LogP contribution in [0.3, 0.4) is 0 Å². The van der Waals surface area contributed by atoms with E-state index in [4.69, 9.17) is 5.73 Å². The number of benzene rings is 1. The second kappa shape index (κ2) is 5.03. The molecule has 0 saturated heterocycles. The number of nitrogens with one attached hydrogen (secondary N) is 3. The van der Waals surface area contributed by atoms with Crippen molar-refractivity contribution in [3.63, 3.8) is 0 Å². The molecule has 0 aliphatic carbocycles. The molecule has 4 rings (SSSR count). The molecule has 0 radical (unpaired) electrons. The smallest absolute Gasteiger partial charge is 0.224 e. The van der Waals surface area contributed by atoms with Crippen LogP contribution in [0.2, 0.25) is 0 Å². The molecule has 110 valence electrons. The van der Waals surface area contributed by atoms with Gasteiger partial charge in [0.25, 0.3) is 0 Å². The fraction of sp³-hybridized carbons (Fsp3) is 0.133. The van der Waals surface area contributed by atoms with Gasteiger partial charge in [-0.05, 0) is 18.1 Å². The minimum absolute atomic E-state index is 0.217. The number of anilines is 2. The maximum Gasteiger partial charge on any atom is 0.224 e. The van der Waals surface area contributed by atoms with Gasteiger partial charge in [-0.25, -0.2) is 4.98 Å². The fourth-order valence-corrected chi connectivity index (χ4v) is 2.63. The van der Waals surface area contributed by atoms with Gasteiger partial charge in [-0.3, -0.25) is 0 Å². The van der Waals surface area contributed by atoms with E-state index in [0.717, 1.165) is 24.0 Å². The van der Waals surface area contributed by atoms with Gasteiger partial charge in [-0.2, -0.15) is 9.97 Å². The summed E-state index contributed by atoms with van der Waals surface area (Å²) in [4.78, 5) is 18.7. The van der Waals surface area contributed by atoms with E-state index in [9.17, 15) is 0 Å². The first-order valence-electron chi connectivity index (χ1n) is 7.07. The monoisotopic (exact) mass is 293 g/mol. The SMILES string of the molecule is Nc1nc(NCCc2c[nH]c3ccccc23)c2[nH]cnc2n1. The molecule has 0 aliphatic rings. The largest absolute Gasteiger partial charge is 0.368 e. The van der Waals surface area contributed by atoms with Gasteiger partial charge in [0.2, 0.25) is 5.95 Å². The van der Waals surface area contributed by atoms with Crippen molar-refractivity contribution in [2.75, 3.05) is 17.6 Å². The van der Waals surface area contributed by atoms with Crippen LogP contribution in [0.1, 0.15) is 5.56 Å². The van der Waals surface area contributed by atoms with E-state index in [2.05, 4.69) is 42.4 Å². The number of aromatic amines is 2. The van der Waals surface area contributed by atoms with Gasteiger partial charge in [0.1, 0.15) is 5.52 Å². The number of aromatic nitrogens is 5. The number of imidazole rings is 1. The van der Waals surface area contributed by atoms with Gasteiger partial charge >= 0.3 is 0 Å². The highest BCUT2D eigenvalue weighted by Crippen LogP contribution is 2.20. The van der Waals surface area contributed by atoms with Crippen LogP contribution in [0.15, 0.2) is 36.8 Å². The summed E-state index contributed by atoms with van der Waals surface area (Å²) in [6.45, 7) is 0.742. The quantitative estimate of drug-likeness (QED) is 0.460. The van der Waals surface area contributed by atoms with Crippen LogP contribution in [-0.2, 0) is 6.42 Å². The highest BCUT2D eigenvalue weighted by atomic mass is 15.1. The number of rotatable bonds is 4. The van der Waals surface area contributed by atoms with E-state index >= 15 is 0 Å².